The van der Waals surface area contributed by atoms with Gasteiger partial charge in [-0.1, -0.05) is 59.6 Å². The van der Waals surface area contributed by atoms with Gasteiger partial charge in [0.25, 0.3) is 5.91 Å². The molecule has 4 aromatic rings. The van der Waals surface area contributed by atoms with Crippen molar-refractivity contribution in [3.05, 3.63) is 122 Å². The van der Waals surface area contributed by atoms with Crippen LogP contribution < -0.4 is 10.7 Å². The van der Waals surface area contributed by atoms with Crippen molar-refractivity contribution in [1.29, 1.82) is 0 Å². The third-order valence-electron chi connectivity index (χ3n) is 8.93. The Morgan fingerprint density at radius 2 is 1.77 bits per heavy atom. The Bertz CT molecular complexity index is 1900. The predicted octanol–water partition coefficient (Wildman–Crippen LogP) is 8.81. The number of allylic oxidation sites excluding steroid dienone is 1. The minimum Gasteiger partial charge on any atom is -0.451 e. The predicted molar refractivity (Wildman–Crippen MR) is 181 cm³/mol. The molecule has 1 atom stereocenters. The summed E-state index contributed by atoms with van der Waals surface area (Å²) in [6.45, 7) is 1.44. The van der Waals surface area contributed by atoms with Crippen molar-refractivity contribution in [2.45, 2.75) is 73.9 Å². The molecule has 0 unspecified atom stereocenters. The number of amides is 2. The van der Waals surface area contributed by atoms with Gasteiger partial charge in [0, 0.05) is 35.5 Å². The van der Waals surface area contributed by atoms with Crippen LogP contribution in [-0.4, -0.2) is 34.8 Å². The maximum atomic E-state index is 13.5. The Morgan fingerprint density at radius 3 is 2.48 bits per heavy atom. The highest BCUT2D eigenvalue weighted by atomic mass is 35.5. The van der Waals surface area contributed by atoms with Crippen molar-refractivity contribution in [2.24, 2.45) is 0 Å². The van der Waals surface area contributed by atoms with E-state index in [-0.39, 0.29) is 39.3 Å². The van der Waals surface area contributed by atoms with Crippen LogP contribution in [0.5, 0.6) is 0 Å². The lowest BCUT2D eigenvalue weighted by atomic mass is 9.79. The lowest BCUT2D eigenvalue weighted by Gasteiger charge is -2.28. The summed E-state index contributed by atoms with van der Waals surface area (Å²) < 4.78 is 44.3. The number of alkyl halides is 3. The molecule has 11 heteroatoms. The molecule has 1 aliphatic heterocycles. The maximum absolute atomic E-state index is 13.5. The fourth-order valence-electron chi connectivity index (χ4n) is 6.61. The zero-order valence-electron chi connectivity index (χ0n) is 26.0. The minimum atomic E-state index is -4.50. The van der Waals surface area contributed by atoms with Crippen LogP contribution in [-0.2, 0) is 17.8 Å². The van der Waals surface area contributed by atoms with E-state index < -0.39 is 22.9 Å². The summed E-state index contributed by atoms with van der Waals surface area (Å²) in [5, 5.41) is 3.56. The summed E-state index contributed by atoms with van der Waals surface area (Å²) in [5.74, 6) is -0.246. The second kappa shape index (κ2) is 14.6. The number of nitrogens with one attached hydrogen (secondary N) is 1. The van der Waals surface area contributed by atoms with E-state index in [1.54, 1.807) is 12.1 Å². The van der Waals surface area contributed by atoms with Crippen molar-refractivity contribution < 1.29 is 27.2 Å². The van der Waals surface area contributed by atoms with Crippen molar-refractivity contribution in [3.8, 4) is 0 Å². The largest absolute Gasteiger partial charge is 0.451 e. The first kappa shape index (κ1) is 33.9. The normalized spacial score (nSPS) is 17.5. The molecular weight excluding hydrogens is 661 g/mol. The van der Waals surface area contributed by atoms with Crippen LogP contribution >= 0.6 is 23.4 Å². The van der Waals surface area contributed by atoms with Gasteiger partial charge in [-0.15, -0.1) is 0 Å². The number of rotatable bonds is 9. The molecule has 0 radical (unpaired) electrons. The molecule has 1 aliphatic carbocycles. The Balaban J connectivity index is 1.19. The first-order valence-corrected chi connectivity index (χ1v) is 17.1. The van der Waals surface area contributed by atoms with Crippen LogP contribution in [0.1, 0.15) is 71.7 Å². The highest BCUT2D eigenvalue weighted by Gasteiger charge is 2.30. The molecule has 3 aromatic carbocycles. The smallest absolute Gasteiger partial charge is 0.446 e. The molecule has 1 N–H and O–H groups in total. The number of nitrogens with zero attached hydrogens (tertiary/aromatic N) is 1. The molecule has 0 spiro atoms. The van der Waals surface area contributed by atoms with Gasteiger partial charge in [0.1, 0.15) is 5.58 Å². The number of carbonyl (C=O) groups is 2. The molecule has 2 fully saturated rings. The van der Waals surface area contributed by atoms with E-state index in [2.05, 4.69) is 29.6 Å². The van der Waals surface area contributed by atoms with Gasteiger partial charge in [0.05, 0.1) is 11.4 Å². The molecule has 250 valence electrons. The standard InChI is InChI=1S/C37H34ClF3N2O4S/c38-27-13-9-24(10-14-27)19-28(42-36(46)34-21-32(44)31-20-29(48-37(39,40)41)15-16-33(31)47-34)18-23-7-11-25(12-8-23)30-5-2-1-4-26(30)22-43-17-3-6-35(43)45/h1-2,4-5,9-10,13-16,18,20-21,25,28H,3,6-8,11-12,17,19,22H2,(H,42,46)/t25?,28-/m1/s1. The van der Waals surface area contributed by atoms with Crippen LogP contribution in [0.3, 0.4) is 0 Å². The second-order valence-corrected chi connectivity index (χ2v) is 13.9. The SMILES string of the molecule is O=C(N[C@H](C=C1CCC(c2ccccc2CN2CCCC2=O)CC1)Cc1ccc(Cl)cc1)c1cc(=O)c2cc(SC(F)(F)F)ccc2o1. The fourth-order valence-corrected chi connectivity index (χ4v) is 7.32. The monoisotopic (exact) mass is 694 g/mol. The zero-order chi connectivity index (χ0) is 33.8. The average molecular weight is 695 g/mol. The molecule has 1 saturated heterocycles. The van der Waals surface area contributed by atoms with E-state index in [1.807, 2.05) is 23.1 Å². The number of likely N-dealkylation sites (tertiary alicyclic amines) is 1. The lowest BCUT2D eigenvalue weighted by Crippen LogP contribution is -2.36. The van der Waals surface area contributed by atoms with Gasteiger partial charge in [-0.3, -0.25) is 14.4 Å². The first-order valence-electron chi connectivity index (χ1n) is 15.9. The molecule has 2 aliphatic rings. The average Bonchev–Trinajstić information content (AvgIpc) is 3.46. The summed E-state index contributed by atoms with van der Waals surface area (Å²) in [6, 6.07) is 19.9. The van der Waals surface area contributed by atoms with Gasteiger partial charge in [-0.2, -0.15) is 13.2 Å². The van der Waals surface area contributed by atoms with Crippen LogP contribution in [0.15, 0.2) is 98.6 Å². The zero-order valence-corrected chi connectivity index (χ0v) is 27.6. The third-order valence-corrected chi connectivity index (χ3v) is 9.91. The Hall–Kier alpha value is -4.02. The molecule has 1 saturated carbocycles. The number of hydrogen-bond acceptors (Lipinski definition) is 5. The molecule has 6 rings (SSSR count). The number of halogens is 4. The molecule has 48 heavy (non-hydrogen) atoms. The summed E-state index contributed by atoms with van der Waals surface area (Å²) in [6.07, 6.45) is 7.64. The minimum absolute atomic E-state index is 0.0273. The molecule has 2 amide bonds. The Morgan fingerprint density at radius 1 is 1.02 bits per heavy atom. The number of carbonyl (C=O) groups excluding carboxylic acids is 2. The van der Waals surface area contributed by atoms with Gasteiger partial charge in [0.2, 0.25) is 5.91 Å². The maximum Gasteiger partial charge on any atom is 0.446 e. The van der Waals surface area contributed by atoms with Gasteiger partial charge < -0.3 is 14.6 Å². The molecular formula is C37H34ClF3N2O4S. The number of benzene rings is 3. The van der Waals surface area contributed by atoms with E-state index in [1.165, 1.54) is 28.8 Å². The number of fused-ring (bicyclic) bond motifs is 1. The number of hydrogen-bond donors (Lipinski definition) is 1. The van der Waals surface area contributed by atoms with Gasteiger partial charge >= 0.3 is 5.51 Å². The lowest BCUT2D eigenvalue weighted by molar-refractivity contribution is -0.128. The van der Waals surface area contributed by atoms with Crippen molar-refractivity contribution >= 4 is 46.1 Å². The summed E-state index contributed by atoms with van der Waals surface area (Å²) in [4.78, 5) is 40.4. The van der Waals surface area contributed by atoms with Gasteiger partial charge in [0.15, 0.2) is 11.2 Å². The highest BCUT2D eigenvalue weighted by molar-refractivity contribution is 8.00. The van der Waals surface area contributed by atoms with Crippen LogP contribution in [0.25, 0.3) is 11.0 Å². The highest BCUT2D eigenvalue weighted by Crippen LogP contribution is 2.39. The van der Waals surface area contributed by atoms with E-state index in [0.29, 0.717) is 30.3 Å². The van der Waals surface area contributed by atoms with Crippen molar-refractivity contribution in [1.82, 2.24) is 10.2 Å². The Labute approximate surface area is 285 Å². The van der Waals surface area contributed by atoms with E-state index in [4.69, 9.17) is 16.0 Å². The molecule has 1 aromatic heterocycles. The third kappa shape index (κ3) is 8.52. The van der Waals surface area contributed by atoms with Crippen molar-refractivity contribution in [2.75, 3.05) is 6.54 Å². The molecule has 6 nitrogen and oxygen atoms in total. The first-order chi connectivity index (χ1) is 23.0. The number of thioether (sulfide) groups is 1. The summed E-state index contributed by atoms with van der Waals surface area (Å²) in [7, 11) is 0. The quantitative estimate of drug-likeness (QED) is 0.140. The Kier molecular flexibility index (Phi) is 10.3. The van der Waals surface area contributed by atoms with Crippen LogP contribution in [0.4, 0.5) is 13.2 Å². The van der Waals surface area contributed by atoms with Crippen LogP contribution in [0.2, 0.25) is 5.02 Å². The van der Waals surface area contributed by atoms with E-state index in [0.717, 1.165) is 56.3 Å². The molecule has 2 heterocycles. The summed E-state index contributed by atoms with van der Waals surface area (Å²) in [5.41, 5.74) is -0.420. The topological polar surface area (TPSA) is 79.6 Å². The van der Waals surface area contributed by atoms with E-state index >= 15 is 0 Å². The molecule has 0 bridgehead atoms. The fraction of sp³-hybridized carbons (Fsp3) is 0.324. The van der Waals surface area contributed by atoms with E-state index in [9.17, 15) is 27.6 Å². The van der Waals surface area contributed by atoms with Crippen LogP contribution in [0, 0.1) is 0 Å². The summed E-state index contributed by atoms with van der Waals surface area (Å²) >= 11 is 5.78. The van der Waals surface area contributed by atoms with Crippen molar-refractivity contribution in [3.63, 3.8) is 0 Å². The second-order valence-electron chi connectivity index (χ2n) is 12.3. The van der Waals surface area contributed by atoms with Gasteiger partial charge in [-0.05, 0) is 103 Å². The van der Waals surface area contributed by atoms with Gasteiger partial charge in [-0.25, -0.2) is 0 Å².